The molecule has 0 saturated heterocycles. The number of hydrogen-bond donors (Lipinski definition) is 1. The number of fused-ring (bicyclic) bond motifs is 1. The summed E-state index contributed by atoms with van der Waals surface area (Å²) in [5.41, 5.74) is 5.43. The third kappa shape index (κ3) is 2.24. The molecule has 0 radical (unpaired) electrons. The van der Waals surface area contributed by atoms with Gasteiger partial charge >= 0.3 is 6.18 Å². The molecule has 2 N–H and O–H groups in total. The van der Waals surface area contributed by atoms with E-state index in [-0.39, 0.29) is 11.6 Å². The summed E-state index contributed by atoms with van der Waals surface area (Å²) in [5.74, 6) is -0.644. The maximum Gasteiger partial charge on any atom is 0.451 e. The predicted octanol–water partition coefficient (Wildman–Crippen LogP) is 0.689. The first-order valence-electron chi connectivity index (χ1n) is 5.77. The van der Waals surface area contributed by atoms with Gasteiger partial charge in [-0.25, -0.2) is 9.97 Å². The lowest BCUT2D eigenvalue weighted by molar-refractivity contribution is -0.144. The van der Waals surface area contributed by atoms with Gasteiger partial charge in [-0.1, -0.05) is 0 Å². The fraction of sp³-hybridized carbons (Fsp3) is 0.400. The molecule has 2 aromatic rings. The lowest BCUT2D eigenvalue weighted by Crippen LogP contribution is -2.34. The lowest BCUT2D eigenvalue weighted by atomic mass is 10.3. The van der Waals surface area contributed by atoms with Crippen molar-refractivity contribution in [1.29, 1.82) is 0 Å². The van der Waals surface area contributed by atoms with Gasteiger partial charge in [0.25, 0.3) is 0 Å². The van der Waals surface area contributed by atoms with E-state index in [1.165, 1.54) is 6.07 Å². The van der Waals surface area contributed by atoms with E-state index in [2.05, 4.69) is 20.2 Å². The molecule has 106 valence electrons. The summed E-state index contributed by atoms with van der Waals surface area (Å²) in [7, 11) is 0. The molecule has 0 aliphatic carbocycles. The average molecular weight is 285 g/mol. The molecule has 20 heavy (non-hydrogen) atoms. The second-order valence-electron chi connectivity index (χ2n) is 4.33. The topological polar surface area (TPSA) is 85.8 Å². The van der Waals surface area contributed by atoms with Crippen LogP contribution in [0.25, 0.3) is 0 Å². The molecule has 1 aliphatic heterocycles. The number of halogens is 3. The minimum Gasteiger partial charge on any atom is -0.384 e. The average Bonchev–Trinajstić information content (AvgIpc) is 2.84. The van der Waals surface area contributed by atoms with Crippen LogP contribution in [0.2, 0.25) is 0 Å². The third-order valence-corrected chi connectivity index (χ3v) is 2.95. The van der Waals surface area contributed by atoms with Crippen molar-refractivity contribution in [3.8, 4) is 0 Å². The summed E-state index contributed by atoms with van der Waals surface area (Å²) in [5, 5.41) is 7.66. The maximum atomic E-state index is 12.7. The molecule has 0 aromatic carbocycles. The number of nitrogen functional groups attached to an aromatic ring is 1. The van der Waals surface area contributed by atoms with Gasteiger partial charge < -0.3 is 15.2 Å². The lowest BCUT2D eigenvalue weighted by Gasteiger charge is -2.28. The molecule has 0 amide bonds. The van der Waals surface area contributed by atoms with Gasteiger partial charge in [0.05, 0.1) is 6.54 Å². The third-order valence-electron chi connectivity index (χ3n) is 2.95. The predicted molar refractivity (Wildman–Crippen MR) is 62.5 cm³/mol. The molecule has 0 atom stereocenters. The van der Waals surface area contributed by atoms with Crippen molar-refractivity contribution < 1.29 is 13.2 Å². The van der Waals surface area contributed by atoms with Gasteiger partial charge in [-0.2, -0.15) is 13.2 Å². The Morgan fingerprint density at radius 2 is 2.00 bits per heavy atom. The van der Waals surface area contributed by atoms with E-state index >= 15 is 0 Å². The Labute approximate surface area is 111 Å². The standard InChI is InChI=1S/C10H10F3N7/c11-10(12,13)9-16-6(14)3-7(17-9)19-1-2-20-5-15-18-8(20)4-19/h3,5H,1-2,4H2,(H2,14,16,17). The first kappa shape index (κ1) is 12.6. The highest BCUT2D eigenvalue weighted by molar-refractivity contribution is 5.47. The van der Waals surface area contributed by atoms with Gasteiger partial charge in [0.1, 0.15) is 18.0 Å². The number of nitrogens with zero attached hydrogens (tertiary/aromatic N) is 6. The van der Waals surface area contributed by atoms with Gasteiger partial charge in [0, 0.05) is 19.2 Å². The summed E-state index contributed by atoms with van der Waals surface area (Å²) in [6, 6.07) is 1.32. The number of nitrogens with two attached hydrogens (primary N) is 1. The highest BCUT2D eigenvalue weighted by Gasteiger charge is 2.36. The van der Waals surface area contributed by atoms with E-state index in [0.29, 0.717) is 25.5 Å². The van der Waals surface area contributed by atoms with Crippen molar-refractivity contribution in [3.05, 3.63) is 24.0 Å². The Kier molecular flexibility index (Phi) is 2.73. The zero-order valence-corrected chi connectivity index (χ0v) is 10.2. The molecule has 3 heterocycles. The van der Waals surface area contributed by atoms with Crippen LogP contribution in [-0.4, -0.2) is 31.3 Å². The Balaban J connectivity index is 1.93. The number of hydrogen-bond acceptors (Lipinski definition) is 6. The van der Waals surface area contributed by atoms with Gasteiger partial charge in [-0.05, 0) is 0 Å². The van der Waals surface area contributed by atoms with Gasteiger partial charge in [0.15, 0.2) is 5.82 Å². The maximum absolute atomic E-state index is 12.7. The van der Waals surface area contributed by atoms with E-state index in [9.17, 15) is 13.2 Å². The van der Waals surface area contributed by atoms with Crippen molar-refractivity contribution in [2.75, 3.05) is 17.2 Å². The number of rotatable bonds is 1. The van der Waals surface area contributed by atoms with Crippen LogP contribution in [0.5, 0.6) is 0 Å². The Morgan fingerprint density at radius 3 is 2.75 bits per heavy atom. The van der Waals surface area contributed by atoms with Crippen LogP contribution in [0.3, 0.4) is 0 Å². The molecule has 3 rings (SSSR count). The molecule has 1 aliphatic rings. The molecule has 0 bridgehead atoms. The van der Waals surface area contributed by atoms with E-state index < -0.39 is 12.0 Å². The number of alkyl halides is 3. The summed E-state index contributed by atoms with van der Waals surface area (Å²) in [4.78, 5) is 8.42. The summed E-state index contributed by atoms with van der Waals surface area (Å²) in [6.45, 7) is 1.40. The highest BCUT2D eigenvalue weighted by atomic mass is 19.4. The Bertz CT molecular complexity index is 636. The van der Waals surface area contributed by atoms with Crippen LogP contribution in [0.1, 0.15) is 11.6 Å². The zero-order chi connectivity index (χ0) is 14.3. The quantitative estimate of drug-likeness (QED) is 0.829. The summed E-state index contributed by atoms with van der Waals surface area (Å²) in [6.07, 6.45) is -3.04. The smallest absolute Gasteiger partial charge is 0.384 e. The molecular weight excluding hydrogens is 275 g/mol. The van der Waals surface area contributed by atoms with E-state index in [1.807, 2.05) is 4.57 Å². The Hall–Kier alpha value is -2.39. The Morgan fingerprint density at radius 1 is 1.20 bits per heavy atom. The normalized spacial score (nSPS) is 15.2. The minimum absolute atomic E-state index is 0.138. The molecule has 7 nitrogen and oxygen atoms in total. The van der Waals surface area contributed by atoms with Crippen LogP contribution in [0, 0.1) is 0 Å². The van der Waals surface area contributed by atoms with Crippen molar-refractivity contribution in [1.82, 2.24) is 24.7 Å². The minimum atomic E-state index is -4.63. The van der Waals surface area contributed by atoms with E-state index in [1.54, 1.807) is 11.2 Å². The van der Waals surface area contributed by atoms with E-state index in [4.69, 9.17) is 5.73 Å². The first-order chi connectivity index (χ1) is 9.43. The molecule has 2 aromatic heterocycles. The first-order valence-corrected chi connectivity index (χ1v) is 5.77. The van der Waals surface area contributed by atoms with Crippen molar-refractivity contribution in [2.24, 2.45) is 0 Å². The molecule has 0 saturated carbocycles. The van der Waals surface area contributed by atoms with Gasteiger partial charge in [-0.3, -0.25) is 0 Å². The second-order valence-corrected chi connectivity index (χ2v) is 4.33. The van der Waals surface area contributed by atoms with Crippen LogP contribution in [0.15, 0.2) is 12.4 Å². The van der Waals surface area contributed by atoms with E-state index in [0.717, 1.165) is 0 Å². The number of anilines is 2. The molecular formula is C10H10F3N7. The highest BCUT2D eigenvalue weighted by Crippen LogP contribution is 2.29. The monoisotopic (exact) mass is 285 g/mol. The van der Waals surface area contributed by atoms with Crippen LogP contribution in [-0.2, 0) is 19.3 Å². The van der Waals surface area contributed by atoms with Crippen LogP contribution >= 0.6 is 0 Å². The van der Waals surface area contributed by atoms with Crippen molar-refractivity contribution in [2.45, 2.75) is 19.3 Å². The van der Waals surface area contributed by atoms with Crippen LogP contribution < -0.4 is 10.6 Å². The summed E-state index contributed by atoms with van der Waals surface area (Å²) < 4.78 is 39.9. The number of aromatic nitrogens is 5. The molecule has 10 heteroatoms. The molecule has 0 fully saturated rings. The fourth-order valence-electron chi connectivity index (χ4n) is 2.00. The van der Waals surface area contributed by atoms with Gasteiger partial charge in [0.2, 0.25) is 5.82 Å². The summed E-state index contributed by atoms with van der Waals surface area (Å²) >= 11 is 0. The largest absolute Gasteiger partial charge is 0.451 e. The van der Waals surface area contributed by atoms with Crippen molar-refractivity contribution in [3.63, 3.8) is 0 Å². The SMILES string of the molecule is Nc1cc(N2CCn3cnnc3C2)nc(C(F)(F)F)n1. The fourth-order valence-corrected chi connectivity index (χ4v) is 2.00. The molecule has 0 unspecified atom stereocenters. The second kappa shape index (κ2) is 4.32. The van der Waals surface area contributed by atoms with Crippen molar-refractivity contribution >= 4 is 11.6 Å². The molecule has 0 spiro atoms. The van der Waals surface area contributed by atoms with Crippen LogP contribution in [0.4, 0.5) is 24.8 Å². The van der Waals surface area contributed by atoms with Gasteiger partial charge in [-0.15, -0.1) is 10.2 Å². The zero-order valence-electron chi connectivity index (χ0n) is 10.2.